The van der Waals surface area contributed by atoms with E-state index in [9.17, 15) is 5.11 Å². The molecule has 4 nitrogen and oxygen atoms in total. The number of rotatable bonds is 1. The van der Waals surface area contributed by atoms with Crippen LogP contribution in [-0.4, -0.2) is 14.7 Å². The number of nitrogens with two attached hydrogens (primary N) is 1. The van der Waals surface area contributed by atoms with Crippen molar-refractivity contribution in [2.45, 2.75) is 13.0 Å². The molecule has 1 unspecified atom stereocenters. The van der Waals surface area contributed by atoms with E-state index in [1.807, 2.05) is 23.7 Å². The number of hydrogen-bond donors (Lipinski definition) is 2. The van der Waals surface area contributed by atoms with Gasteiger partial charge < -0.3 is 40.2 Å². The summed E-state index contributed by atoms with van der Waals surface area (Å²) in [6.07, 6.45) is -0.561. The summed E-state index contributed by atoms with van der Waals surface area (Å²) in [5.74, 6) is 0.658. The molecule has 90 valence electrons. The van der Waals surface area contributed by atoms with Gasteiger partial charge in [0.1, 0.15) is 11.9 Å². The average Bonchev–Trinajstić information content (AvgIpc) is 2.43. The number of halogens is 2. The Balaban J connectivity index is 0.00000112. The minimum Gasteiger partial charge on any atom is -1.00 e. The number of imidazole rings is 1. The zero-order valence-electron chi connectivity index (χ0n) is 8.98. The minimum atomic E-state index is -0.561. The zero-order valence-corrected chi connectivity index (χ0v) is 10.5. The fourth-order valence-electron chi connectivity index (χ4n) is 1.61. The van der Waals surface area contributed by atoms with E-state index in [4.69, 9.17) is 5.73 Å². The van der Waals surface area contributed by atoms with Crippen LogP contribution >= 0.6 is 0 Å². The maximum Gasteiger partial charge on any atom is 0.138 e. The largest absolute Gasteiger partial charge is 1.00 e. The van der Waals surface area contributed by atoms with Crippen LogP contribution in [-0.2, 0) is 7.05 Å². The second kappa shape index (κ2) is 5.39. The molecule has 1 atom stereocenters. The number of nitrogen functional groups attached to an aromatic ring is 1. The van der Waals surface area contributed by atoms with Gasteiger partial charge in [0, 0.05) is 12.7 Å². The van der Waals surface area contributed by atoms with Gasteiger partial charge in [0.15, 0.2) is 0 Å². The van der Waals surface area contributed by atoms with Crippen LogP contribution in [0, 0.1) is 0 Å². The van der Waals surface area contributed by atoms with Gasteiger partial charge in [0.2, 0.25) is 0 Å². The first-order chi connectivity index (χ1) is 6.59. The Morgan fingerprint density at radius 3 is 2.56 bits per heavy atom. The molecule has 0 bridgehead atoms. The number of anilines is 1. The Morgan fingerprint density at radius 1 is 1.38 bits per heavy atom. The third-order valence-electron chi connectivity index (χ3n) is 2.31. The molecule has 2 aromatic rings. The highest BCUT2D eigenvalue weighted by molar-refractivity contribution is 5.79. The monoisotopic (exact) mass is 261 g/mol. The van der Waals surface area contributed by atoms with Gasteiger partial charge in [0.25, 0.3) is 0 Å². The molecule has 0 aliphatic carbocycles. The Morgan fingerprint density at radius 2 is 2.00 bits per heavy atom. The third-order valence-corrected chi connectivity index (χ3v) is 2.31. The number of fused-ring (bicyclic) bond motifs is 1. The highest BCUT2D eigenvalue weighted by atomic mass is 35.5. The van der Waals surface area contributed by atoms with Crippen molar-refractivity contribution in [3.63, 3.8) is 0 Å². The molecular formula is C10H13Cl2N3O-2. The standard InChI is InChI=1S/C10H13N3O.2ClH/c1-6(14)10-12-8-5-7(11)3-4-9(8)13(10)2;;/h3-6,14H,11H2,1-2H3;2*1H/p-2. The van der Waals surface area contributed by atoms with Crippen LogP contribution in [0.4, 0.5) is 5.69 Å². The van der Waals surface area contributed by atoms with E-state index >= 15 is 0 Å². The van der Waals surface area contributed by atoms with E-state index in [1.165, 1.54) is 0 Å². The van der Waals surface area contributed by atoms with Crippen LogP contribution in [0.1, 0.15) is 18.9 Å². The predicted octanol–water partition coefficient (Wildman–Crippen LogP) is -4.78. The SMILES string of the molecule is CC(O)c1nc2cc(N)ccc2n1C.[Cl-].[Cl-]. The lowest BCUT2D eigenvalue weighted by Crippen LogP contribution is -3.00. The third kappa shape index (κ3) is 2.40. The Labute approximate surface area is 106 Å². The van der Waals surface area contributed by atoms with Crippen LogP contribution < -0.4 is 30.5 Å². The Bertz CT molecular complexity index is 482. The minimum absolute atomic E-state index is 0. The molecular weight excluding hydrogens is 249 g/mol. The molecule has 2 rings (SSSR count). The lowest BCUT2D eigenvalue weighted by Gasteiger charge is -2.03. The molecule has 1 heterocycles. The van der Waals surface area contributed by atoms with Crippen molar-refractivity contribution >= 4 is 16.7 Å². The second-order valence-corrected chi connectivity index (χ2v) is 3.45. The highest BCUT2D eigenvalue weighted by Gasteiger charge is 2.11. The molecule has 16 heavy (non-hydrogen) atoms. The van der Waals surface area contributed by atoms with Crippen LogP contribution in [0.25, 0.3) is 11.0 Å². The maximum absolute atomic E-state index is 9.46. The van der Waals surface area contributed by atoms with E-state index in [0.29, 0.717) is 11.5 Å². The van der Waals surface area contributed by atoms with Gasteiger partial charge in [0.05, 0.1) is 11.0 Å². The summed E-state index contributed by atoms with van der Waals surface area (Å²) in [6.45, 7) is 1.70. The van der Waals surface area contributed by atoms with Crippen molar-refractivity contribution in [3.8, 4) is 0 Å². The average molecular weight is 262 g/mol. The summed E-state index contributed by atoms with van der Waals surface area (Å²) < 4.78 is 1.87. The molecule has 6 heteroatoms. The molecule has 3 N–H and O–H groups in total. The number of aliphatic hydroxyl groups is 1. The highest BCUT2D eigenvalue weighted by Crippen LogP contribution is 2.20. The lowest BCUT2D eigenvalue weighted by atomic mass is 10.3. The van der Waals surface area contributed by atoms with E-state index in [2.05, 4.69) is 4.98 Å². The first-order valence-electron chi connectivity index (χ1n) is 4.49. The first-order valence-corrected chi connectivity index (χ1v) is 4.49. The maximum atomic E-state index is 9.46. The molecule has 0 spiro atoms. The Hall–Kier alpha value is -0.970. The van der Waals surface area contributed by atoms with Crippen molar-refractivity contribution in [3.05, 3.63) is 24.0 Å². The normalized spacial score (nSPS) is 11.7. The van der Waals surface area contributed by atoms with Gasteiger partial charge in [-0.15, -0.1) is 0 Å². The summed E-state index contributed by atoms with van der Waals surface area (Å²) in [6, 6.07) is 5.54. The fraction of sp³-hybridized carbons (Fsp3) is 0.300. The summed E-state index contributed by atoms with van der Waals surface area (Å²) in [4.78, 5) is 4.31. The molecule has 0 fully saturated rings. The molecule has 0 radical (unpaired) electrons. The molecule has 0 saturated heterocycles. The summed E-state index contributed by atoms with van der Waals surface area (Å²) >= 11 is 0. The molecule has 0 aliphatic heterocycles. The number of benzene rings is 1. The van der Waals surface area contributed by atoms with Crippen molar-refractivity contribution in [2.75, 3.05) is 5.73 Å². The van der Waals surface area contributed by atoms with E-state index < -0.39 is 6.10 Å². The predicted molar refractivity (Wildman–Crippen MR) is 55.8 cm³/mol. The first kappa shape index (κ1) is 15.0. The summed E-state index contributed by atoms with van der Waals surface area (Å²) in [5, 5.41) is 9.46. The zero-order chi connectivity index (χ0) is 10.3. The van der Waals surface area contributed by atoms with E-state index in [1.54, 1.807) is 13.0 Å². The smallest absolute Gasteiger partial charge is 0.138 e. The topological polar surface area (TPSA) is 64.1 Å². The molecule has 1 aromatic carbocycles. The lowest BCUT2D eigenvalue weighted by molar-refractivity contribution is -0.00100. The van der Waals surface area contributed by atoms with Crippen LogP contribution in [0.5, 0.6) is 0 Å². The van der Waals surface area contributed by atoms with Gasteiger partial charge >= 0.3 is 0 Å². The number of aromatic nitrogens is 2. The summed E-state index contributed by atoms with van der Waals surface area (Å²) in [5.41, 5.74) is 8.14. The van der Waals surface area contributed by atoms with Crippen molar-refractivity contribution in [1.29, 1.82) is 0 Å². The van der Waals surface area contributed by atoms with Crippen LogP contribution in [0.3, 0.4) is 0 Å². The molecule has 0 amide bonds. The summed E-state index contributed by atoms with van der Waals surface area (Å²) in [7, 11) is 1.88. The number of aliphatic hydroxyl groups excluding tert-OH is 1. The number of nitrogens with zero attached hydrogens (tertiary/aromatic N) is 2. The van der Waals surface area contributed by atoms with Gasteiger partial charge in [-0.25, -0.2) is 4.98 Å². The van der Waals surface area contributed by atoms with Crippen molar-refractivity contribution < 1.29 is 29.9 Å². The van der Waals surface area contributed by atoms with Gasteiger partial charge in [-0.3, -0.25) is 0 Å². The van der Waals surface area contributed by atoms with Crippen molar-refractivity contribution in [2.24, 2.45) is 7.05 Å². The van der Waals surface area contributed by atoms with Crippen LogP contribution in [0.15, 0.2) is 18.2 Å². The van der Waals surface area contributed by atoms with E-state index in [0.717, 1.165) is 11.0 Å². The van der Waals surface area contributed by atoms with Gasteiger partial charge in [-0.1, -0.05) is 0 Å². The molecule has 0 saturated carbocycles. The molecule has 0 aliphatic rings. The van der Waals surface area contributed by atoms with Crippen molar-refractivity contribution in [1.82, 2.24) is 9.55 Å². The van der Waals surface area contributed by atoms with Gasteiger partial charge in [-0.05, 0) is 25.1 Å². The quantitative estimate of drug-likeness (QED) is 0.507. The number of hydrogen-bond acceptors (Lipinski definition) is 3. The second-order valence-electron chi connectivity index (χ2n) is 3.45. The molecule has 1 aromatic heterocycles. The van der Waals surface area contributed by atoms with Gasteiger partial charge in [-0.2, -0.15) is 0 Å². The number of aryl methyl sites for hydroxylation is 1. The fourth-order valence-corrected chi connectivity index (χ4v) is 1.61. The Kier molecular flexibility index (Phi) is 5.06. The van der Waals surface area contributed by atoms with E-state index in [-0.39, 0.29) is 24.8 Å². The van der Waals surface area contributed by atoms with Crippen LogP contribution in [0.2, 0.25) is 0 Å².